The molecule has 16 nitrogen and oxygen atoms in total. The van der Waals surface area contributed by atoms with E-state index in [4.69, 9.17) is 38.7 Å². The van der Waals surface area contributed by atoms with E-state index in [1.54, 1.807) is 0 Å². The smallest absolute Gasteiger partial charge is 0.333 e. The van der Waals surface area contributed by atoms with E-state index in [1.165, 1.54) is 28.1 Å². The van der Waals surface area contributed by atoms with Gasteiger partial charge < -0.3 is 39.4 Å². The summed E-state index contributed by atoms with van der Waals surface area (Å²) < 4.78 is 19.5. The highest BCUT2D eigenvalue weighted by molar-refractivity contribution is 5.87. The third-order valence-corrected chi connectivity index (χ3v) is 4.49. The van der Waals surface area contributed by atoms with Crippen LogP contribution < -0.4 is 0 Å². The Kier molecular flexibility index (Phi) is 21.4. The van der Waals surface area contributed by atoms with E-state index in [0.29, 0.717) is 0 Å². The number of rotatable bonds is 25. The second-order valence-electron chi connectivity index (χ2n) is 8.78. The first kappa shape index (κ1) is 37.9. The molecule has 4 atom stereocenters. The number of nitrogens with zero attached hydrogens (tertiary/aromatic N) is 2. The molecular formula is C24H44N2O14. The zero-order chi connectivity index (χ0) is 30.5. The van der Waals surface area contributed by atoms with Crippen molar-refractivity contribution >= 4 is 11.9 Å². The summed E-state index contributed by atoms with van der Waals surface area (Å²) in [4.78, 5) is 43.7. The number of ether oxygens (including phenoxy) is 4. The molecule has 4 unspecified atom stereocenters. The second-order valence-corrected chi connectivity index (χ2v) is 8.78. The van der Waals surface area contributed by atoms with Crippen LogP contribution in [-0.4, -0.2) is 147 Å². The molecule has 234 valence electrons. The van der Waals surface area contributed by atoms with E-state index in [2.05, 4.69) is 13.2 Å². The van der Waals surface area contributed by atoms with Crippen LogP contribution in [0, 0.1) is 0 Å². The molecule has 40 heavy (non-hydrogen) atoms. The minimum absolute atomic E-state index is 0.00936. The molecule has 16 heteroatoms. The minimum atomic E-state index is -1.21. The van der Waals surface area contributed by atoms with Crippen molar-refractivity contribution in [1.82, 2.24) is 10.1 Å². The monoisotopic (exact) mass is 584 g/mol. The summed E-state index contributed by atoms with van der Waals surface area (Å²) in [5, 5.41) is 42.4. The summed E-state index contributed by atoms with van der Waals surface area (Å²) in [6, 6.07) is 0. The number of hydrogen-bond donors (Lipinski definition) is 4. The Balaban J connectivity index is 5.23. The van der Waals surface area contributed by atoms with Gasteiger partial charge in [0.1, 0.15) is 50.8 Å². The van der Waals surface area contributed by atoms with E-state index in [-0.39, 0.29) is 77.0 Å². The molecule has 0 spiro atoms. The van der Waals surface area contributed by atoms with Gasteiger partial charge in [-0.1, -0.05) is 13.2 Å². The average Bonchev–Trinajstić information content (AvgIpc) is 2.88. The molecule has 0 aliphatic heterocycles. The van der Waals surface area contributed by atoms with Crippen LogP contribution in [-0.2, 0) is 48.3 Å². The number of hydroxylamine groups is 4. The zero-order valence-electron chi connectivity index (χ0n) is 23.6. The number of aliphatic hydroxyl groups excluding tert-OH is 4. The molecule has 4 N–H and O–H groups in total. The fraction of sp³-hybridized carbons (Fsp3) is 0.750. The average molecular weight is 585 g/mol. The van der Waals surface area contributed by atoms with Crippen LogP contribution in [0.3, 0.4) is 0 Å². The molecule has 0 saturated heterocycles. The summed E-state index contributed by atoms with van der Waals surface area (Å²) >= 11 is 0. The lowest BCUT2D eigenvalue weighted by atomic mass is 10.3. The molecule has 0 heterocycles. The summed E-state index contributed by atoms with van der Waals surface area (Å²) in [5.41, 5.74) is 0.318. The van der Waals surface area contributed by atoms with Crippen molar-refractivity contribution in [2.75, 3.05) is 80.0 Å². The van der Waals surface area contributed by atoms with E-state index in [9.17, 15) is 30.0 Å². The molecule has 0 bridgehead atoms. The maximum absolute atomic E-state index is 11.6. The number of methoxy groups -OCH3 is 2. The largest absolute Gasteiger partial charge is 0.460 e. The molecule has 0 aliphatic carbocycles. The molecule has 0 saturated carbocycles. The van der Waals surface area contributed by atoms with Crippen LogP contribution in [0.25, 0.3) is 0 Å². The highest BCUT2D eigenvalue weighted by atomic mass is 17.3. The van der Waals surface area contributed by atoms with Crippen molar-refractivity contribution in [2.45, 2.75) is 38.3 Å². The number of hydrogen-bond acceptors (Lipinski definition) is 16. The van der Waals surface area contributed by atoms with Crippen molar-refractivity contribution in [3.63, 3.8) is 0 Å². The highest BCUT2D eigenvalue weighted by Crippen LogP contribution is 2.04. The van der Waals surface area contributed by atoms with Crippen molar-refractivity contribution in [3.8, 4) is 0 Å². The van der Waals surface area contributed by atoms with Gasteiger partial charge in [0.2, 0.25) is 0 Å². The maximum atomic E-state index is 11.6. The molecular weight excluding hydrogens is 540 g/mol. The number of carbonyl (C=O) groups excluding carboxylic acids is 2. The van der Waals surface area contributed by atoms with Crippen LogP contribution >= 0.6 is 0 Å². The first-order chi connectivity index (χ1) is 18.9. The van der Waals surface area contributed by atoms with Gasteiger partial charge in [-0.2, -0.15) is 10.1 Å². The minimum Gasteiger partial charge on any atom is -0.460 e. The van der Waals surface area contributed by atoms with Gasteiger partial charge in [0.15, 0.2) is 0 Å². The van der Waals surface area contributed by atoms with Gasteiger partial charge in [0.25, 0.3) is 0 Å². The Hall–Kier alpha value is -2.06. The van der Waals surface area contributed by atoms with Gasteiger partial charge in [-0.25, -0.2) is 19.4 Å². The lowest BCUT2D eigenvalue weighted by Gasteiger charge is -2.27. The topological polar surface area (TPSA) is 195 Å². The Morgan fingerprint density at radius 2 is 0.975 bits per heavy atom. The predicted octanol–water partition coefficient (Wildman–Crippen LogP) is -1.71. The van der Waals surface area contributed by atoms with Gasteiger partial charge in [0, 0.05) is 38.5 Å². The van der Waals surface area contributed by atoms with Gasteiger partial charge in [0.05, 0.1) is 26.3 Å². The number of esters is 2. The molecule has 0 radical (unpaired) electrons. The van der Waals surface area contributed by atoms with Crippen molar-refractivity contribution in [3.05, 3.63) is 24.3 Å². The van der Waals surface area contributed by atoms with Crippen LogP contribution in [0.2, 0.25) is 0 Å². The number of aliphatic hydroxyl groups is 4. The Labute approximate surface area is 233 Å². The standard InChI is InChI=1S/C24H44N2O14/c1-17(2)23(31)35-13-19(27)9-25(39-37-15-21(29)11-33-5)7-8-26(40-38-16-22(30)12-34-6)10-20(28)14-36-24(32)18(3)4/h19-22,27-30H,1,3,7-16H2,2,4-6H3. The Bertz CT molecular complexity index is 680. The molecule has 0 aromatic carbocycles. The van der Waals surface area contributed by atoms with Crippen LogP contribution in [0.4, 0.5) is 0 Å². The molecule has 0 amide bonds. The summed E-state index contributed by atoms with van der Waals surface area (Å²) in [7, 11) is 2.80. The summed E-state index contributed by atoms with van der Waals surface area (Å²) in [6.07, 6.45) is -4.40. The predicted molar refractivity (Wildman–Crippen MR) is 137 cm³/mol. The fourth-order valence-electron chi connectivity index (χ4n) is 2.55. The van der Waals surface area contributed by atoms with Gasteiger partial charge in [-0.05, 0) is 13.8 Å². The van der Waals surface area contributed by atoms with Crippen LogP contribution in [0.15, 0.2) is 24.3 Å². The van der Waals surface area contributed by atoms with E-state index < -0.39 is 36.4 Å². The Morgan fingerprint density at radius 1 is 0.625 bits per heavy atom. The quantitative estimate of drug-likeness (QED) is 0.0409. The lowest BCUT2D eigenvalue weighted by molar-refractivity contribution is -0.452. The summed E-state index contributed by atoms with van der Waals surface area (Å²) in [6.45, 7) is 8.03. The first-order valence-electron chi connectivity index (χ1n) is 12.3. The zero-order valence-corrected chi connectivity index (χ0v) is 23.6. The summed E-state index contributed by atoms with van der Waals surface area (Å²) in [5.74, 6) is -1.36. The molecule has 0 aromatic rings. The van der Waals surface area contributed by atoms with Gasteiger partial charge in [-0.3, -0.25) is 0 Å². The second kappa shape index (κ2) is 22.6. The molecule has 0 fully saturated rings. The van der Waals surface area contributed by atoms with Crippen molar-refractivity contribution < 1.29 is 68.7 Å². The number of carbonyl (C=O) groups is 2. The third kappa shape index (κ3) is 19.9. The first-order valence-corrected chi connectivity index (χ1v) is 12.3. The van der Waals surface area contributed by atoms with Gasteiger partial charge in [-0.15, -0.1) is 9.98 Å². The molecule has 0 aromatic heterocycles. The molecule has 0 rings (SSSR count). The highest BCUT2D eigenvalue weighted by Gasteiger charge is 2.21. The van der Waals surface area contributed by atoms with E-state index >= 15 is 0 Å². The SMILES string of the molecule is C=C(C)C(=O)OCC(O)CN(CCN(CC(O)COC(=O)C(=C)C)OOCC(O)COC)OOCC(O)COC. The third-order valence-electron chi connectivity index (χ3n) is 4.49. The van der Waals surface area contributed by atoms with Crippen LogP contribution in [0.5, 0.6) is 0 Å². The van der Waals surface area contributed by atoms with E-state index in [1.807, 2.05) is 0 Å². The molecule has 0 aliphatic rings. The Morgan fingerprint density at radius 3 is 1.27 bits per heavy atom. The van der Waals surface area contributed by atoms with Crippen molar-refractivity contribution in [1.29, 1.82) is 0 Å². The van der Waals surface area contributed by atoms with Gasteiger partial charge >= 0.3 is 11.9 Å². The van der Waals surface area contributed by atoms with Crippen molar-refractivity contribution in [2.24, 2.45) is 0 Å². The lowest BCUT2D eigenvalue weighted by Crippen LogP contribution is -2.43. The van der Waals surface area contributed by atoms with E-state index in [0.717, 1.165) is 10.1 Å². The maximum Gasteiger partial charge on any atom is 0.333 e. The fourth-order valence-corrected chi connectivity index (χ4v) is 2.55. The normalized spacial score (nSPS) is 14.6. The van der Waals surface area contributed by atoms with Crippen LogP contribution in [0.1, 0.15) is 13.8 Å².